The van der Waals surface area contributed by atoms with Crippen molar-refractivity contribution in [1.29, 1.82) is 0 Å². The summed E-state index contributed by atoms with van der Waals surface area (Å²) in [6.45, 7) is 0.903. The topological polar surface area (TPSA) is 79.4 Å². The average Bonchev–Trinajstić information content (AvgIpc) is 3.42. The molecule has 9 heteroatoms. The molecule has 1 aliphatic carbocycles. The summed E-state index contributed by atoms with van der Waals surface area (Å²) in [5.74, 6) is -0.257. The van der Waals surface area contributed by atoms with Gasteiger partial charge in [0.05, 0.1) is 10.9 Å². The fourth-order valence-corrected chi connectivity index (χ4v) is 5.95. The molecular formula is C17H18ClN3O3S2. The zero-order valence-corrected chi connectivity index (χ0v) is 16.3. The van der Waals surface area contributed by atoms with Crippen LogP contribution in [0.4, 0.5) is 5.69 Å². The van der Waals surface area contributed by atoms with Crippen molar-refractivity contribution in [2.45, 2.75) is 30.9 Å². The number of halogens is 1. The number of hydrogen-bond donors (Lipinski definition) is 1. The Balaban J connectivity index is 1.45. The second kappa shape index (κ2) is 6.92. The average molecular weight is 412 g/mol. The Bertz CT molecular complexity index is 911. The lowest BCUT2D eigenvalue weighted by Gasteiger charge is -2.19. The van der Waals surface area contributed by atoms with Crippen LogP contribution in [0, 0.1) is 0 Å². The van der Waals surface area contributed by atoms with E-state index in [0.717, 1.165) is 23.4 Å². The monoisotopic (exact) mass is 411 g/mol. The van der Waals surface area contributed by atoms with Gasteiger partial charge in [-0.25, -0.2) is 17.7 Å². The van der Waals surface area contributed by atoms with Crippen molar-refractivity contribution in [1.82, 2.24) is 9.29 Å². The highest BCUT2D eigenvalue weighted by Crippen LogP contribution is 2.33. The summed E-state index contributed by atoms with van der Waals surface area (Å²) in [6.07, 6.45) is 2.70. The van der Waals surface area contributed by atoms with Crippen molar-refractivity contribution < 1.29 is 13.2 Å². The van der Waals surface area contributed by atoms with Crippen LogP contribution in [0.5, 0.6) is 0 Å². The standard InChI is InChI=1S/C17H18ClN3O3S2/c18-11-1-3-12(4-2-11)19-16(22)17-20-14-7-9-21(10-8-15(14)25-17)26(23,24)13-5-6-13/h1-4,13H,5-10H2,(H,19,22). The maximum atomic E-state index is 12.4. The van der Waals surface area contributed by atoms with Crippen molar-refractivity contribution in [3.8, 4) is 0 Å². The molecule has 6 nitrogen and oxygen atoms in total. The molecule has 1 saturated carbocycles. The quantitative estimate of drug-likeness (QED) is 0.838. The third-order valence-electron chi connectivity index (χ3n) is 4.57. The van der Waals surface area contributed by atoms with E-state index in [-0.39, 0.29) is 11.2 Å². The number of benzene rings is 1. The third kappa shape index (κ3) is 3.64. The predicted octanol–water partition coefficient (Wildman–Crippen LogP) is 2.94. The molecule has 2 aliphatic rings. The Morgan fingerprint density at radius 1 is 1.19 bits per heavy atom. The highest BCUT2D eigenvalue weighted by Gasteiger charge is 2.40. The fourth-order valence-electron chi connectivity index (χ4n) is 2.99. The van der Waals surface area contributed by atoms with Gasteiger partial charge in [0.2, 0.25) is 10.0 Å². The van der Waals surface area contributed by atoms with Crippen molar-refractivity contribution in [2.75, 3.05) is 18.4 Å². The molecular weight excluding hydrogens is 394 g/mol. The minimum Gasteiger partial charge on any atom is -0.320 e. The van der Waals surface area contributed by atoms with Gasteiger partial charge in [-0.2, -0.15) is 0 Å². The van der Waals surface area contributed by atoms with Gasteiger partial charge in [0.25, 0.3) is 5.91 Å². The first-order valence-corrected chi connectivity index (χ1v) is 11.2. The molecule has 2 heterocycles. The zero-order valence-electron chi connectivity index (χ0n) is 13.9. The smallest absolute Gasteiger partial charge is 0.284 e. The van der Waals surface area contributed by atoms with E-state index in [9.17, 15) is 13.2 Å². The van der Waals surface area contributed by atoms with Crippen LogP contribution in [-0.2, 0) is 22.9 Å². The van der Waals surface area contributed by atoms with E-state index in [1.165, 1.54) is 11.3 Å². The van der Waals surface area contributed by atoms with Gasteiger partial charge in [0.1, 0.15) is 0 Å². The number of carbonyl (C=O) groups excluding carboxylic acids is 1. The van der Waals surface area contributed by atoms with Crippen molar-refractivity contribution in [3.05, 3.63) is 44.9 Å². The van der Waals surface area contributed by atoms with Crippen molar-refractivity contribution in [3.63, 3.8) is 0 Å². The summed E-state index contributed by atoms with van der Waals surface area (Å²) in [5, 5.41) is 3.63. The van der Waals surface area contributed by atoms with Crippen molar-refractivity contribution >= 4 is 44.6 Å². The first-order chi connectivity index (χ1) is 12.4. The number of fused-ring (bicyclic) bond motifs is 1. The molecule has 1 fully saturated rings. The molecule has 1 N–H and O–H groups in total. The molecule has 1 aromatic heterocycles. The molecule has 1 amide bonds. The Morgan fingerprint density at radius 3 is 2.58 bits per heavy atom. The van der Waals surface area contributed by atoms with E-state index in [2.05, 4.69) is 10.3 Å². The normalized spacial score (nSPS) is 18.2. The summed E-state index contributed by atoms with van der Waals surface area (Å²) in [6, 6.07) is 6.89. The second-order valence-electron chi connectivity index (χ2n) is 6.49. The summed E-state index contributed by atoms with van der Waals surface area (Å²) in [4.78, 5) is 17.9. The van der Waals surface area contributed by atoms with E-state index < -0.39 is 10.0 Å². The highest BCUT2D eigenvalue weighted by molar-refractivity contribution is 7.90. The molecule has 0 atom stereocenters. The summed E-state index contributed by atoms with van der Waals surface area (Å²) < 4.78 is 26.4. The van der Waals surface area contributed by atoms with E-state index in [1.54, 1.807) is 28.6 Å². The summed E-state index contributed by atoms with van der Waals surface area (Å²) >= 11 is 7.19. The number of rotatable bonds is 4. The van der Waals surface area contributed by atoms with Crippen LogP contribution in [-0.4, -0.2) is 42.0 Å². The Morgan fingerprint density at radius 2 is 1.88 bits per heavy atom. The minimum absolute atomic E-state index is 0.188. The molecule has 2 aromatic rings. The number of aromatic nitrogens is 1. The van der Waals surface area contributed by atoms with E-state index in [1.807, 2.05) is 0 Å². The molecule has 1 aromatic carbocycles. The van der Waals surface area contributed by atoms with Gasteiger partial charge < -0.3 is 5.32 Å². The number of nitrogens with one attached hydrogen (secondary N) is 1. The van der Waals surface area contributed by atoms with Gasteiger partial charge in [0, 0.05) is 35.1 Å². The number of carbonyl (C=O) groups is 1. The van der Waals surface area contributed by atoms with E-state index >= 15 is 0 Å². The van der Waals surface area contributed by atoms with Gasteiger partial charge in [-0.05, 0) is 43.5 Å². The van der Waals surface area contributed by atoms with Gasteiger partial charge >= 0.3 is 0 Å². The molecule has 0 saturated heterocycles. The fraction of sp³-hybridized carbons (Fsp3) is 0.412. The molecule has 4 rings (SSSR count). The van der Waals surface area contributed by atoms with Crippen LogP contribution in [0.2, 0.25) is 5.02 Å². The minimum atomic E-state index is -3.16. The Hall–Kier alpha value is -1.48. The molecule has 26 heavy (non-hydrogen) atoms. The predicted molar refractivity (Wildman–Crippen MR) is 102 cm³/mol. The first-order valence-electron chi connectivity index (χ1n) is 8.48. The first kappa shape index (κ1) is 17.9. The van der Waals surface area contributed by atoms with Crippen LogP contribution in [0.3, 0.4) is 0 Å². The van der Waals surface area contributed by atoms with Crippen LogP contribution in [0.1, 0.15) is 33.2 Å². The maximum Gasteiger partial charge on any atom is 0.284 e. The lowest BCUT2D eigenvalue weighted by Crippen LogP contribution is -2.35. The van der Waals surface area contributed by atoms with Crippen LogP contribution < -0.4 is 5.32 Å². The molecule has 0 spiro atoms. The number of amides is 1. The van der Waals surface area contributed by atoms with Crippen LogP contribution in [0.15, 0.2) is 24.3 Å². The number of anilines is 1. The zero-order chi connectivity index (χ0) is 18.3. The molecule has 0 radical (unpaired) electrons. The maximum absolute atomic E-state index is 12.4. The second-order valence-corrected chi connectivity index (χ2v) is 10.2. The number of nitrogens with zero attached hydrogens (tertiary/aromatic N) is 2. The lowest BCUT2D eigenvalue weighted by molar-refractivity contribution is 0.102. The van der Waals surface area contributed by atoms with Gasteiger partial charge in [-0.15, -0.1) is 11.3 Å². The molecule has 0 bridgehead atoms. The lowest BCUT2D eigenvalue weighted by atomic mass is 10.2. The van der Waals surface area contributed by atoms with Crippen LogP contribution >= 0.6 is 22.9 Å². The number of hydrogen-bond acceptors (Lipinski definition) is 5. The SMILES string of the molecule is O=C(Nc1ccc(Cl)cc1)c1nc2c(s1)CCN(S(=O)(=O)C1CC1)CC2. The summed E-state index contributed by atoms with van der Waals surface area (Å²) in [5.41, 5.74) is 1.50. The van der Waals surface area contributed by atoms with Gasteiger partial charge in [-0.3, -0.25) is 4.79 Å². The molecule has 138 valence electrons. The van der Waals surface area contributed by atoms with Crippen LogP contribution in [0.25, 0.3) is 0 Å². The van der Waals surface area contributed by atoms with E-state index in [0.29, 0.717) is 41.6 Å². The van der Waals surface area contributed by atoms with Gasteiger partial charge in [-0.1, -0.05) is 11.6 Å². The largest absolute Gasteiger partial charge is 0.320 e. The van der Waals surface area contributed by atoms with Gasteiger partial charge in [0.15, 0.2) is 5.01 Å². The number of sulfonamides is 1. The number of thiazole rings is 1. The molecule has 1 aliphatic heterocycles. The highest BCUT2D eigenvalue weighted by atomic mass is 35.5. The Labute approximate surface area is 161 Å². The Kier molecular flexibility index (Phi) is 4.77. The third-order valence-corrected chi connectivity index (χ3v) is 8.37. The molecule has 0 unspecified atom stereocenters. The van der Waals surface area contributed by atoms with Crippen molar-refractivity contribution in [2.24, 2.45) is 0 Å². The summed E-state index contributed by atoms with van der Waals surface area (Å²) in [7, 11) is -3.16. The van der Waals surface area contributed by atoms with E-state index in [4.69, 9.17) is 11.6 Å².